The van der Waals surface area contributed by atoms with Crippen molar-refractivity contribution in [2.24, 2.45) is 0 Å². The molecule has 0 spiro atoms. The molecular formula is C15H17NO4. The van der Waals surface area contributed by atoms with Crippen LogP contribution in [0.1, 0.15) is 41.8 Å². The molecule has 0 aliphatic heterocycles. The summed E-state index contributed by atoms with van der Waals surface area (Å²) >= 11 is 0. The van der Waals surface area contributed by atoms with Gasteiger partial charge >= 0.3 is 5.97 Å². The van der Waals surface area contributed by atoms with Gasteiger partial charge in [0, 0.05) is 5.69 Å². The number of hydrogen-bond acceptors (Lipinski definition) is 4. The normalized spacial score (nSPS) is 10.4. The largest absolute Gasteiger partial charge is 0.484 e. The number of aromatic carboxylic acids is 1. The highest BCUT2D eigenvalue weighted by Gasteiger charge is 2.09. The van der Waals surface area contributed by atoms with E-state index < -0.39 is 5.97 Å². The number of carbonyl (C=O) groups is 1. The molecule has 0 fully saturated rings. The van der Waals surface area contributed by atoms with Crippen molar-refractivity contribution in [2.75, 3.05) is 0 Å². The highest BCUT2D eigenvalue weighted by atomic mass is 16.5. The van der Waals surface area contributed by atoms with Crippen molar-refractivity contribution in [2.45, 2.75) is 32.8 Å². The second-order valence-electron chi connectivity index (χ2n) is 4.45. The zero-order valence-corrected chi connectivity index (χ0v) is 11.3. The second kappa shape index (κ2) is 6.75. The van der Waals surface area contributed by atoms with Crippen molar-refractivity contribution in [1.82, 2.24) is 4.98 Å². The number of carboxylic acid groups (broad SMARTS) is 1. The number of ether oxygens (including phenoxy) is 1. The summed E-state index contributed by atoms with van der Waals surface area (Å²) in [6.45, 7) is 2.33. The van der Waals surface area contributed by atoms with E-state index in [1.165, 1.54) is 6.07 Å². The van der Waals surface area contributed by atoms with Gasteiger partial charge < -0.3 is 14.3 Å². The number of aryl methyl sites for hydroxylation is 1. The Balaban J connectivity index is 1.88. The first-order valence-electron chi connectivity index (χ1n) is 6.58. The number of unbranched alkanes of at least 4 members (excludes halogenated alkanes) is 1. The summed E-state index contributed by atoms with van der Waals surface area (Å²) in [6, 6.07) is 6.80. The van der Waals surface area contributed by atoms with Crippen LogP contribution in [0, 0.1) is 0 Å². The molecule has 5 heteroatoms. The maximum absolute atomic E-state index is 10.7. The van der Waals surface area contributed by atoms with Gasteiger partial charge in [-0.05, 0) is 37.1 Å². The SMILES string of the molecule is CCCCc1ccc(OCc2ccc(C(=O)O)o2)cn1. The predicted octanol–water partition coefficient (Wildman–Crippen LogP) is 3.29. The Hall–Kier alpha value is -2.30. The van der Waals surface area contributed by atoms with E-state index in [1.54, 1.807) is 12.3 Å². The van der Waals surface area contributed by atoms with E-state index in [-0.39, 0.29) is 12.4 Å². The highest BCUT2D eigenvalue weighted by molar-refractivity contribution is 5.84. The second-order valence-corrected chi connectivity index (χ2v) is 4.45. The molecular weight excluding hydrogens is 258 g/mol. The van der Waals surface area contributed by atoms with Gasteiger partial charge in [-0.25, -0.2) is 4.79 Å². The Morgan fingerprint density at radius 1 is 1.35 bits per heavy atom. The molecule has 20 heavy (non-hydrogen) atoms. The van der Waals surface area contributed by atoms with Crippen molar-refractivity contribution < 1.29 is 19.1 Å². The number of nitrogens with zero attached hydrogens (tertiary/aromatic N) is 1. The molecule has 2 heterocycles. The summed E-state index contributed by atoms with van der Waals surface area (Å²) < 4.78 is 10.6. The molecule has 0 atom stereocenters. The van der Waals surface area contributed by atoms with E-state index in [0.29, 0.717) is 11.5 Å². The Morgan fingerprint density at radius 3 is 2.80 bits per heavy atom. The number of pyridine rings is 1. The molecule has 2 aromatic heterocycles. The van der Waals surface area contributed by atoms with Gasteiger partial charge in [-0.1, -0.05) is 13.3 Å². The van der Waals surface area contributed by atoms with E-state index >= 15 is 0 Å². The zero-order valence-electron chi connectivity index (χ0n) is 11.3. The molecule has 106 valence electrons. The van der Waals surface area contributed by atoms with Crippen molar-refractivity contribution >= 4 is 5.97 Å². The monoisotopic (exact) mass is 275 g/mol. The van der Waals surface area contributed by atoms with E-state index in [2.05, 4.69) is 11.9 Å². The molecule has 5 nitrogen and oxygen atoms in total. The highest BCUT2D eigenvalue weighted by Crippen LogP contribution is 2.14. The lowest BCUT2D eigenvalue weighted by molar-refractivity contribution is 0.0658. The number of hydrogen-bond donors (Lipinski definition) is 1. The minimum absolute atomic E-state index is 0.0864. The molecule has 0 saturated heterocycles. The van der Waals surface area contributed by atoms with Crippen LogP contribution in [0.15, 0.2) is 34.9 Å². The molecule has 0 radical (unpaired) electrons. The lowest BCUT2D eigenvalue weighted by Crippen LogP contribution is -1.96. The van der Waals surface area contributed by atoms with E-state index in [4.69, 9.17) is 14.3 Å². The smallest absolute Gasteiger partial charge is 0.371 e. The first-order valence-corrected chi connectivity index (χ1v) is 6.58. The van der Waals surface area contributed by atoms with Gasteiger partial charge in [0.25, 0.3) is 0 Å². The van der Waals surface area contributed by atoms with Crippen LogP contribution >= 0.6 is 0 Å². The molecule has 0 aromatic carbocycles. The Morgan fingerprint density at radius 2 is 2.20 bits per heavy atom. The van der Waals surface area contributed by atoms with Crippen molar-refractivity contribution in [3.8, 4) is 5.75 Å². The summed E-state index contributed by atoms with van der Waals surface area (Å²) in [4.78, 5) is 15.0. The fourth-order valence-electron chi connectivity index (χ4n) is 1.73. The lowest BCUT2D eigenvalue weighted by atomic mass is 10.2. The first kappa shape index (κ1) is 14.1. The Kier molecular flexibility index (Phi) is 4.76. The van der Waals surface area contributed by atoms with Crippen LogP contribution in [0.5, 0.6) is 5.75 Å². The predicted molar refractivity (Wildman–Crippen MR) is 72.8 cm³/mol. The van der Waals surface area contributed by atoms with Crippen molar-refractivity contribution in [3.63, 3.8) is 0 Å². The maximum atomic E-state index is 10.7. The van der Waals surface area contributed by atoms with Gasteiger partial charge in [-0.2, -0.15) is 0 Å². The van der Waals surface area contributed by atoms with Gasteiger partial charge in [-0.15, -0.1) is 0 Å². The van der Waals surface area contributed by atoms with Gasteiger partial charge in [0.1, 0.15) is 18.1 Å². The van der Waals surface area contributed by atoms with Crippen molar-refractivity contribution in [1.29, 1.82) is 0 Å². The molecule has 2 aromatic rings. The Labute approximate surface area is 117 Å². The fourth-order valence-corrected chi connectivity index (χ4v) is 1.73. The minimum Gasteiger partial charge on any atom is -0.484 e. The standard InChI is InChI=1S/C15H17NO4/c1-2-3-4-11-5-6-12(9-16-11)19-10-13-7-8-14(20-13)15(17)18/h5-9H,2-4,10H2,1H3,(H,17,18). The molecule has 1 N–H and O–H groups in total. The maximum Gasteiger partial charge on any atom is 0.371 e. The molecule has 0 bridgehead atoms. The zero-order chi connectivity index (χ0) is 14.4. The topological polar surface area (TPSA) is 72.6 Å². The quantitative estimate of drug-likeness (QED) is 0.839. The number of rotatable bonds is 7. The summed E-state index contributed by atoms with van der Waals surface area (Å²) in [5.74, 6) is -0.0641. The molecule has 0 unspecified atom stereocenters. The van der Waals surface area contributed by atoms with Gasteiger partial charge in [-0.3, -0.25) is 4.98 Å². The van der Waals surface area contributed by atoms with Crippen LogP contribution in [0.25, 0.3) is 0 Å². The molecule has 2 rings (SSSR count). The van der Waals surface area contributed by atoms with Gasteiger partial charge in [0.15, 0.2) is 0 Å². The molecule has 0 amide bonds. The average Bonchev–Trinajstić information content (AvgIpc) is 2.93. The molecule has 0 saturated carbocycles. The summed E-state index contributed by atoms with van der Waals surface area (Å²) in [5.41, 5.74) is 1.05. The van der Waals surface area contributed by atoms with Gasteiger partial charge in [0.05, 0.1) is 6.20 Å². The molecule has 0 aliphatic rings. The van der Waals surface area contributed by atoms with Crippen LogP contribution in [0.4, 0.5) is 0 Å². The van der Waals surface area contributed by atoms with Crippen LogP contribution in [-0.2, 0) is 13.0 Å². The third-order valence-corrected chi connectivity index (χ3v) is 2.84. The third kappa shape index (κ3) is 3.85. The summed E-state index contributed by atoms with van der Waals surface area (Å²) in [6.07, 6.45) is 4.91. The first-order chi connectivity index (χ1) is 9.69. The third-order valence-electron chi connectivity index (χ3n) is 2.84. The lowest BCUT2D eigenvalue weighted by Gasteiger charge is -2.05. The summed E-state index contributed by atoms with van der Waals surface area (Å²) in [5, 5.41) is 8.74. The van der Waals surface area contributed by atoms with Crippen LogP contribution in [-0.4, -0.2) is 16.1 Å². The fraction of sp³-hybridized carbons (Fsp3) is 0.333. The van der Waals surface area contributed by atoms with Gasteiger partial charge in [0.2, 0.25) is 5.76 Å². The van der Waals surface area contributed by atoms with Crippen LogP contribution in [0.2, 0.25) is 0 Å². The van der Waals surface area contributed by atoms with E-state index in [0.717, 1.165) is 25.0 Å². The Bertz CT molecular complexity index is 560. The number of aromatic nitrogens is 1. The molecule has 0 aliphatic carbocycles. The summed E-state index contributed by atoms with van der Waals surface area (Å²) in [7, 11) is 0. The van der Waals surface area contributed by atoms with Crippen LogP contribution < -0.4 is 4.74 Å². The van der Waals surface area contributed by atoms with Crippen LogP contribution in [0.3, 0.4) is 0 Å². The number of carboxylic acids is 1. The number of furan rings is 1. The minimum atomic E-state index is -1.09. The van der Waals surface area contributed by atoms with E-state index in [1.807, 2.05) is 12.1 Å². The average molecular weight is 275 g/mol. The van der Waals surface area contributed by atoms with E-state index in [9.17, 15) is 4.79 Å². The van der Waals surface area contributed by atoms with Crippen molar-refractivity contribution in [3.05, 3.63) is 47.7 Å².